The summed E-state index contributed by atoms with van der Waals surface area (Å²) in [5.41, 5.74) is 0.445. The summed E-state index contributed by atoms with van der Waals surface area (Å²) in [7, 11) is 0. The van der Waals surface area contributed by atoms with E-state index in [1.165, 1.54) is 0 Å². The van der Waals surface area contributed by atoms with Crippen LogP contribution in [0.3, 0.4) is 0 Å². The number of amides is 2. The molecule has 1 fully saturated rings. The molecule has 1 aliphatic rings. The number of hydrogen-bond acceptors (Lipinski definition) is 3. The number of carbonyl (C=O) groups is 2. The molecular weight excluding hydrogens is 290 g/mol. The Balaban J connectivity index is 1.64. The average Bonchev–Trinajstić information content (AvgIpc) is 2.96. The molecule has 1 unspecified atom stereocenters. The smallest absolute Gasteiger partial charge is 0.252 e. The molecule has 2 rings (SSSR count). The fraction of sp³-hybridized carbons (Fsp3) is 0.467. The van der Waals surface area contributed by atoms with Crippen LogP contribution in [-0.2, 0) is 4.79 Å². The van der Waals surface area contributed by atoms with Crippen molar-refractivity contribution in [1.82, 2.24) is 16.0 Å². The fourth-order valence-electron chi connectivity index (χ4n) is 2.35. The van der Waals surface area contributed by atoms with Gasteiger partial charge in [-0.3, -0.25) is 9.59 Å². The molecule has 1 aromatic carbocycles. The molecule has 0 bridgehead atoms. The van der Waals surface area contributed by atoms with E-state index in [1.54, 1.807) is 24.3 Å². The molecule has 5 nitrogen and oxygen atoms in total. The highest BCUT2D eigenvalue weighted by atomic mass is 35.5. The van der Waals surface area contributed by atoms with Crippen LogP contribution in [0.5, 0.6) is 0 Å². The highest BCUT2D eigenvalue weighted by molar-refractivity contribution is 6.33. The van der Waals surface area contributed by atoms with Crippen molar-refractivity contribution >= 4 is 23.4 Å². The Kier molecular flexibility index (Phi) is 6.02. The van der Waals surface area contributed by atoms with Gasteiger partial charge in [-0.1, -0.05) is 23.7 Å². The summed E-state index contributed by atoms with van der Waals surface area (Å²) in [6, 6.07) is 7.17. The van der Waals surface area contributed by atoms with E-state index in [0.29, 0.717) is 36.1 Å². The van der Waals surface area contributed by atoms with Crippen LogP contribution in [0.25, 0.3) is 0 Å². The van der Waals surface area contributed by atoms with Gasteiger partial charge < -0.3 is 16.0 Å². The lowest BCUT2D eigenvalue weighted by atomic mass is 10.1. The third-order valence-corrected chi connectivity index (χ3v) is 3.77. The first-order valence-electron chi connectivity index (χ1n) is 7.19. The van der Waals surface area contributed by atoms with Crippen molar-refractivity contribution in [3.05, 3.63) is 34.9 Å². The lowest BCUT2D eigenvalue weighted by molar-refractivity contribution is -0.121. The van der Waals surface area contributed by atoms with E-state index in [0.717, 1.165) is 19.4 Å². The van der Waals surface area contributed by atoms with E-state index in [2.05, 4.69) is 16.0 Å². The van der Waals surface area contributed by atoms with Crippen molar-refractivity contribution in [2.75, 3.05) is 19.6 Å². The number of nitrogens with one attached hydrogen (secondary N) is 3. The SMILES string of the molecule is O=C(CC1CCCN1)NCCNC(=O)c1ccccc1Cl. The highest BCUT2D eigenvalue weighted by Crippen LogP contribution is 2.14. The Bertz CT molecular complexity index is 501. The molecular formula is C15H20ClN3O2. The van der Waals surface area contributed by atoms with Crippen molar-refractivity contribution in [3.8, 4) is 0 Å². The lowest BCUT2D eigenvalue weighted by Gasteiger charge is -2.11. The molecule has 3 N–H and O–H groups in total. The van der Waals surface area contributed by atoms with Gasteiger partial charge in [0.1, 0.15) is 0 Å². The van der Waals surface area contributed by atoms with Crippen molar-refractivity contribution in [1.29, 1.82) is 0 Å². The minimum Gasteiger partial charge on any atom is -0.354 e. The van der Waals surface area contributed by atoms with Crippen LogP contribution >= 0.6 is 11.6 Å². The quantitative estimate of drug-likeness (QED) is 0.694. The monoisotopic (exact) mass is 309 g/mol. The number of rotatable bonds is 6. The number of halogens is 1. The van der Waals surface area contributed by atoms with Crippen LogP contribution in [0.1, 0.15) is 29.6 Å². The van der Waals surface area contributed by atoms with Crippen LogP contribution in [0.2, 0.25) is 5.02 Å². The Labute approximate surface area is 129 Å². The minimum absolute atomic E-state index is 0.0152. The zero-order chi connectivity index (χ0) is 15.1. The summed E-state index contributed by atoms with van der Waals surface area (Å²) in [6.07, 6.45) is 2.68. The largest absolute Gasteiger partial charge is 0.354 e. The first-order valence-corrected chi connectivity index (χ1v) is 7.57. The van der Waals surface area contributed by atoms with Crippen LogP contribution in [-0.4, -0.2) is 37.5 Å². The second-order valence-corrected chi connectivity index (χ2v) is 5.49. The Morgan fingerprint density at radius 3 is 2.71 bits per heavy atom. The van der Waals surface area contributed by atoms with Gasteiger partial charge in [0.25, 0.3) is 5.91 Å². The zero-order valence-electron chi connectivity index (χ0n) is 11.8. The van der Waals surface area contributed by atoms with Gasteiger partial charge in [-0.25, -0.2) is 0 Å². The van der Waals surface area contributed by atoms with E-state index in [9.17, 15) is 9.59 Å². The van der Waals surface area contributed by atoms with Crippen molar-refractivity contribution in [2.24, 2.45) is 0 Å². The number of hydrogen-bond donors (Lipinski definition) is 3. The number of carbonyl (C=O) groups excluding carboxylic acids is 2. The molecule has 21 heavy (non-hydrogen) atoms. The lowest BCUT2D eigenvalue weighted by Crippen LogP contribution is -2.37. The third kappa shape index (κ3) is 5.02. The van der Waals surface area contributed by atoms with E-state index >= 15 is 0 Å². The topological polar surface area (TPSA) is 70.2 Å². The molecule has 1 aliphatic heterocycles. The van der Waals surface area contributed by atoms with Crippen molar-refractivity contribution in [2.45, 2.75) is 25.3 Å². The van der Waals surface area contributed by atoms with Gasteiger partial charge in [-0.2, -0.15) is 0 Å². The second-order valence-electron chi connectivity index (χ2n) is 5.08. The van der Waals surface area contributed by atoms with Gasteiger partial charge in [-0.05, 0) is 31.5 Å². The van der Waals surface area contributed by atoms with Gasteiger partial charge in [0.15, 0.2) is 0 Å². The normalized spacial score (nSPS) is 17.5. The molecule has 0 radical (unpaired) electrons. The van der Waals surface area contributed by atoms with Crippen LogP contribution in [0.15, 0.2) is 24.3 Å². The maximum Gasteiger partial charge on any atom is 0.252 e. The van der Waals surface area contributed by atoms with E-state index in [-0.39, 0.29) is 11.8 Å². The third-order valence-electron chi connectivity index (χ3n) is 3.45. The van der Waals surface area contributed by atoms with E-state index in [4.69, 9.17) is 11.6 Å². The first-order chi connectivity index (χ1) is 10.2. The van der Waals surface area contributed by atoms with Crippen LogP contribution in [0, 0.1) is 0 Å². The summed E-state index contributed by atoms with van der Waals surface area (Å²) in [5.74, 6) is -0.214. The predicted molar refractivity (Wildman–Crippen MR) is 82.4 cm³/mol. The summed E-state index contributed by atoms with van der Waals surface area (Å²) in [5, 5.41) is 9.24. The van der Waals surface area contributed by atoms with Crippen molar-refractivity contribution < 1.29 is 9.59 Å². The van der Waals surface area contributed by atoms with Gasteiger partial charge in [-0.15, -0.1) is 0 Å². The van der Waals surface area contributed by atoms with Gasteiger partial charge >= 0.3 is 0 Å². The predicted octanol–water partition coefficient (Wildman–Crippen LogP) is 1.33. The Morgan fingerprint density at radius 2 is 2.00 bits per heavy atom. The second kappa shape index (κ2) is 8.00. The molecule has 0 spiro atoms. The average molecular weight is 310 g/mol. The maximum absolute atomic E-state index is 11.9. The number of benzene rings is 1. The van der Waals surface area contributed by atoms with E-state index in [1.807, 2.05) is 0 Å². The molecule has 1 aromatic rings. The van der Waals surface area contributed by atoms with Gasteiger partial charge in [0, 0.05) is 25.6 Å². The molecule has 1 atom stereocenters. The Morgan fingerprint density at radius 1 is 1.24 bits per heavy atom. The maximum atomic E-state index is 11.9. The molecule has 114 valence electrons. The van der Waals surface area contributed by atoms with Crippen molar-refractivity contribution in [3.63, 3.8) is 0 Å². The summed E-state index contributed by atoms with van der Waals surface area (Å²) in [4.78, 5) is 23.6. The van der Waals surface area contributed by atoms with Gasteiger partial charge in [0.2, 0.25) is 5.91 Å². The molecule has 1 saturated heterocycles. The summed E-state index contributed by atoms with van der Waals surface area (Å²) >= 11 is 5.94. The molecule has 2 amide bonds. The van der Waals surface area contributed by atoms with Crippen LogP contribution < -0.4 is 16.0 Å². The van der Waals surface area contributed by atoms with E-state index < -0.39 is 0 Å². The highest BCUT2D eigenvalue weighted by Gasteiger charge is 2.17. The summed E-state index contributed by atoms with van der Waals surface area (Å²) < 4.78 is 0. The molecule has 0 aromatic heterocycles. The summed E-state index contributed by atoms with van der Waals surface area (Å²) in [6.45, 7) is 1.79. The van der Waals surface area contributed by atoms with Gasteiger partial charge in [0.05, 0.1) is 10.6 Å². The first kappa shape index (κ1) is 15.8. The molecule has 0 aliphatic carbocycles. The fourth-order valence-corrected chi connectivity index (χ4v) is 2.57. The van der Waals surface area contributed by atoms with Crippen LogP contribution in [0.4, 0.5) is 0 Å². The molecule has 1 heterocycles. The minimum atomic E-state index is -0.229. The zero-order valence-corrected chi connectivity index (χ0v) is 12.6. The standard InChI is InChI=1S/C15H20ClN3O2/c16-13-6-2-1-5-12(13)15(21)19-9-8-18-14(20)10-11-4-3-7-17-11/h1-2,5-6,11,17H,3-4,7-10H2,(H,18,20)(H,19,21). The molecule has 0 saturated carbocycles. The Hall–Kier alpha value is -1.59. The molecule has 6 heteroatoms.